The molecule has 2 saturated heterocycles. The normalized spacial score (nSPS) is 26.1. The van der Waals surface area contributed by atoms with Gasteiger partial charge in [-0.1, -0.05) is 0 Å². The molecule has 0 N–H and O–H groups in total. The summed E-state index contributed by atoms with van der Waals surface area (Å²) in [6.07, 6.45) is 5.36. The SMILES string of the molecule is CC1=C2CCC3=C(C)c4c(C(C)C)cccc4[C]34CC[C]2([Zr+2]4)c2cccc(C(C)C)c21.[Cl-].[Cl-]. The van der Waals surface area contributed by atoms with Gasteiger partial charge < -0.3 is 24.8 Å². The monoisotopic (exact) mass is 554 g/mol. The second kappa shape index (κ2) is 8.50. The third-order valence-electron chi connectivity index (χ3n) is 8.97. The van der Waals surface area contributed by atoms with Crippen molar-refractivity contribution in [2.45, 2.75) is 85.3 Å². The van der Waals surface area contributed by atoms with E-state index in [0.717, 1.165) is 0 Å². The van der Waals surface area contributed by atoms with Gasteiger partial charge in [-0.2, -0.15) is 0 Å². The first-order chi connectivity index (χ1) is 14.8. The van der Waals surface area contributed by atoms with Crippen LogP contribution in [0.1, 0.15) is 112 Å². The van der Waals surface area contributed by atoms with E-state index in [1.54, 1.807) is 44.5 Å². The molecule has 2 unspecified atom stereocenters. The third kappa shape index (κ3) is 3.11. The van der Waals surface area contributed by atoms with Gasteiger partial charge in [-0.3, -0.25) is 0 Å². The summed E-state index contributed by atoms with van der Waals surface area (Å²) in [5.41, 5.74) is 17.0. The topological polar surface area (TPSA) is 0 Å². The molecule has 0 aromatic heterocycles. The first-order valence-corrected chi connectivity index (χ1v) is 14.7. The van der Waals surface area contributed by atoms with E-state index in [4.69, 9.17) is 0 Å². The molecule has 2 atom stereocenters. The average Bonchev–Trinajstić information content (AvgIpc) is 3.27. The second-order valence-corrected chi connectivity index (χ2v) is 15.8. The van der Waals surface area contributed by atoms with Crippen LogP contribution < -0.4 is 24.8 Å². The molecule has 33 heavy (non-hydrogen) atoms. The van der Waals surface area contributed by atoms with E-state index in [2.05, 4.69) is 77.9 Å². The summed E-state index contributed by atoms with van der Waals surface area (Å²) >= 11 is -0.814. The van der Waals surface area contributed by atoms with E-state index in [1.807, 2.05) is 11.1 Å². The van der Waals surface area contributed by atoms with Crippen molar-refractivity contribution in [1.29, 1.82) is 0 Å². The van der Waals surface area contributed by atoms with Crippen molar-refractivity contribution in [2.24, 2.45) is 0 Å². The van der Waals surface area contributed by atoms with E-state index in [1.165, 1.54) is 25.7 Å². The zero-order chi connectivity index (χ0) is 21.7. The zero-order valence-corrected chi connectivity index (χ0v) is 24.7. The minimum atomic E-state index is -0.814. The van der Waals surface area contributed by atoms with Gasteiger partial charge in [0.25, 0.3) is 0 Å². The Bertz CT molecular complexity index is 1110. The quantitative estimate of drug-likeness (QED) is 0.533. The molecule has 172 valence electrons. The number of benzene rings is 2. The molecule has 2 aromatic rings. The van der Waals surface area contributed by atoms with Crippen LogP contribution in [-0.4, -0.2) is 0 Å². The molecule has 2 spiro atoms. The van der Waals surface area contributed by atoms with Crippen LogP contribution in [0, 0.1) is 0 Å². The number of allylic oxidation sites excluding steroid dienone is 4. The second-order valence-electron chi connectivity index (χ2n) is 11.0. The Labute approximate surface area is 224 Å². The van der Waals surface area contributed by atoms with Crippen LogP contribution in [-0.2, 0) is 29.5 Å². The van der Waals surface area contributed by atoms with E-state index >= 15 is 0 Å². The Hall–Kier alpha value is -0.617. The smallest absolute Gasteiger partial charge is 1.00 e. The Balaban J connectivity index is 0.00000130. The first kappa shape index (κ1) is 25.5. The summed E-state index contributed by atoms with van der Waals surface area (Å²) in [6, 6.07) is 14.6. The van der Waals surface area contributed by atoms with Gasteiger partial charge in [-0.05, 0) is 0 Å². The van der Waals surface area contributed by atoms with Crippen molar-refractivity contribution in [3.63, 3.8) is 0 Å². The number of fused-ring (bicyclic) bond motifs is 2. The van der Waals surface area contributed by atoms with Crippen LogP contribution >= 0.6 is 0 Å². The van der Waals surface area contributed by atoms with Gasteiger partial charge in [0.1, 0.15) is 0 Å². The van der Waals surface area contributed by atoms with Crippen LogP contribution in [0.4, 0.5) is 0 Å². The van der Waals surface area contributed by atoms with E-state index in [-0.39, 0.29) is 24.8 Å². The van der Waals surface area contributed by atoms with Crippen molar-refractivity contribution in [3.8, 4) is 0 Å². The predicted octanol–water partition coefficient (Wildman–Crippen LogP) is 2.28. The van der Waals surface area contributed by atoms with Crippen LogP contribution in [0.25, 0.3) is 11.1 Å². The van der Waals surface area contributed by atoms with Crippen molar-refractivity contribution in [3.05, 3.63) is 80.9 Å². The Morgan fingerprint density at radius 1 is 0.667 bits per heavy atom. The van der Waals surface area contributed by atoms with Crippen LogP contribution in [0.5, 0.6) is 0 Å². The number of halogens is 2. The molecular weight excluding hydrogens is 522 g/mol. The summed E-state index contributed by atoms with van der Waals surface area (Å²) in [6.45, 7) is 14.4. The van der Waals surface area contributed by atoms with Crippen LogP contribution in [0.15, 0.2) is 47.5 Å². The molecule has 2 aliphatic heterocycles. The molecule has 2 fully saturated rings. The summed E-state index contributed by atoms with van der Waals surface area (Å²) < 4.78 is 0.871. The summed E-state index contributed by atoms with van der Waals surface area (Å²) in [7, 11) is 0. The number of hydrogen-bond donors (Lipinski definition) is 0. The summed E-state index contributed by atoms with van der Waals surface area (Å²) in [4.78, 5) is 0. The first-order valence-electron chi connectivity index (χ1n) is 12.3. The Kier molecular flexibility index (Phi) is 6.56. The largest absolute Gasteiger partial charge is 1.00 e. The molecule has 0 nitrogen and oxygen atoms in total. The van der Waals surface area contributed by atoms with Crippen molar-refractivity contribution < 1.29 is 48.0 Å². The minimum Gasteiger partial charge on any atom is -1.00 e. The fraction of sp³-hybridized carbons (Fsp3) is 0.467. The number of hydrogen-bond acceptors (Lipinski definition) is 0. The molecule has 2 aliphatic carbocycles. The molecule has 0 radical (unpaired) electrons. The maximum Gasteiger partial charge on any atom is -1.00 e. The molecule has 0 saturated carbocycles. The van der Waals surface area contributed by atoms with Crippen molar-refractivity contribution >= 4 is 11.1 Å². The molecule has 2 heterocycles. The van der Waals surface area contributed by atoms with Gasteiger partial charge in [0.05, 0.1) is 0 Å². The average molecular weight is 557 g/mol. The van der Waals surface area contributed by atoms with E-state index in [9.17, 15) is 0 Å². The number of rotatable bonds is 2. The summed E-state index contributed by atoms with van der Waals surface area (Å²) in [5.74, 6) is 1.20. The van der Waals surface area contributed by atoms with Crippen LogP contribution in [0.2, 0.25) is 0 Å². The van der Waals surface area contributed by atoms with Crippen LogP contribution in [0.3, 0.4) is 0 Å². The van der Waals surface area contributed by atoms with Gasteiger partial charge in [0.15, 0.2) is 0 Å². The Morgan fingerprint density at radius 3 is 1.42 bits per heavy atom. The maximum absolute atomic E-state index is 2.53. The van der Waals surface area contributed by atoms with Gasteiger partial charge in [-0.25, -0.2) is 0 Å². The summed E-state index contributed by atoms with van der Waals surface area (Å²) in [5, 5.41) is 0. The molecule has 2 aromatic carbocycles. The molecule has 0 amide bonds. The van der Waals surface area contributed by atoms with E-state index in [0.29, 0.717) is 18.1 Å². The standard InChI is InChI=1S/C30H34.2ClH.Zr/c1-17(2)21-9-7-11-27-25-15-16-26-24(14-13-23(25)19(5)29(21)27)20(6)30-22(18(3)4)10-8-12-28(26)30;;;/h7-12,17-18H,13-16H2,1-6H3;2*1H;/q;;;+2/p-2. The predicted molar refractivity (Wildman–Crippen MR) is 128 cm³/mol. The van der Waals surface area contributed by atoms with Gasteiger partial charge in [-0.15, -0.1) is 0 Å². The van der Waals surface area contributed by atoms with Gasteiger partial charge >= 0.3 is 201 Å². The Morgan fingerprint density at radius 2 is 1.06 bits per heavy atom. The fourth-order valence-corrected chi connectivity index (χ4v) is 14.7. The molecular formula is C30H34Cl2Zr. The molecule has 4 aliphatic rings. The zero-order valence-electron chi connectivity index (χ0n) is 20.7. The van der Waals surface area contributed by atoms with Crippen molar-refractivity contribution in [1.82, 2.24) is 0 Å². The minimum absolute atomic E-state index is 0. The van der Waals surface area contributed by atoms with Gasteiger partial charge in [0, 0.05) is 0 Å². The maximum atomic E-state index is 2.53. The van der Waals surface area contributed by atoms with E-state index < -0.39 is 23.2 Å². The van der Waals surface area contributed by atoms with Crippen molar-refractivity contribution in [2.75, 3.05) is 0 Å². The molecule has 2 bridgehead atoms. The van der Waals surface area contributed by atoms with Gasteiger partial charge in [0.2, 0.25) is 0 Å². The molecule has 6 rings (SSSR count). The molecule has 3 heteroatoms. The fourth-order valence-electron chi connectivity index (χ4n) is 7.69. The third-order valence-corrected chi connectivity index (χ3v) is 15.1.